The van der Waals surface area contributed by atoms with Crippen LogP contribution in [0, 0.1) is 11.3 Å². The first-order chi connectivity index (χ1) is 6.81. The monoisotopic (exact) mass is 203 g/mol. The molecular weight excluding hydrogens is 194 g/mol. The summed E-state index contributed by atoms with van der Waals surface area (Å²) >= 11 is 5.13. The Labute approximate surface area is 87.9 Å². The summed E-state index contributed by atoms with van der Waals surface area (Å²) in [6.07, 6.45) is 0. The molecule has 0 atom stereocenters. The third-order valence-electron chi connectivity index (χ3n) is 2.16. The molecule has 0 radical (unpaired) electrons. The smallest absolute Gasteiger partial charge is 0.173 e. The van der Waals surface area contributed by atoms with E-state index >= 15 is 0 Å². The molecule has 0 bridgehead atoms. The number of nitriles is 1. The lowest BCUT2D eigenvalue weighted by molar-refractivity contribution is 0.975. The lowest BCUT2D eigenvalue weighted by Gasteiger charge is -2.16. The second kappa shape index (κ2) is 3.64. The quantitative estimate of drug-likeness (QED) is 0.697. The Morgan fingerprint density at radius 3 is 2.57 bits per heavy atom. The highest BCUT2D eigenvalue weighted by molar-refractivity contribution is 7.80. The van der Waals surface area contributed by atoms with Crippen molar-refractivity contribution in [2.45, 2.75) is 0 Å². The Kier molecular flexibility index (Phi) is 2.33. The third kappa shape index (κ3) is 1.54. The van der Waals surface area contributed by atoms with Gasteiger partial charge in [0.2, 0.25) is 0 Å². The minimum absolute atomic E-state index is 0.673. The van der Waals surface area contributed by atoms with Gasteiger partial charge in [0.25, 0.3) is 0 Å². The summed E-state index contributed by atoms with van der Waals surface area (Å²) in [6, 6.07) is 9.52. The van der Waals surface area contributed by atoms with Gasteiger partial charge in [-0.2, -0.15) is 5.26 Å². The molecular formula is C10H9N3S. The molecule has 0 amide bonds. The van der Waals surface area contributed by atoms with Crippen LogP contribution in [-0.2, 0) is 0 Å². The molecule has 4 heteroatoms. The van der Waals surface area contributed by atoms with E-state index in [-0.39, 0.29) is 0 Å². The van der Waals surface area contributed by atoms with Gasteiger partial charge in [-0.05, 0) is 36.5 Å². The molecule has 0 aliphatic carbocycles. The maximum atomic E-state index is 8.64. The minimum atomic E-state index is 0.673. The van der Waals surface area contributed by atoms with Crippen LogP contribution in [0.15, 0.2) is 24.3 Å². The maximum Gasteiger partial charge on any atom is 0.173 e. The summed E-state index contributed by atoms with van der Waals surface area (Å²) < 4.78 is 0. The maximum absolute atomic E-state index is 8.64. The van der Waals surface area contributed by atoms with Gasteiger partial charge in [0.1, 0.15) is 0 Å². The van der Waals surface area contributed by atoms with Crippen LogP contribution < -0.4 is 10.2 Å². The predicted molar refractivity (Wildman–Crippen MR) is 59.1 cm³/mol. The van der Waals surface area contributed by atoms with E-state index in [1.807, 2.05) is 17.0 Å². The zero-order valence-electron chi connectivity index (χ0n) is 7.53. The fourth-order valence-corrected chi connectivity index (χ4v) is 1.73. The normalized spacial score (nSPS) is 15.1. The van der Waals surface area contributed by atoms with E-state index in [9.17, 15) is 0 Å². The van der Waals surface area contributed by atoms with Crippen molar-refractivity contribution in [2.75, 3.05) is 18.0 Å². The number of benzene rings is 1. The Morgan fingerprint density at radius 2 is 2.07 bits per heavy atom. The van der Waals surface area contributed by atoms with Gasteiger partial charge in [-0.25, -0.2) is 0 Å². The highest BCUT2D eigenvalue weighted by atomic mass is 32.1. The van der Waals surface area contributed by atoms with Gasteiger partial charge in [-0.1, -0.05) is 0 Å². The van der Waals surface area contributed by atoms with Gasteiger partial charge in [0, 0.05) is 18.8 Å². The van der Waals surface area contributed by atoms with Crippen LogP contribution >= 0.6 is 12.2 Å². The van der Waals surface area contributed by atoms with Gasteiger partial charge in [0.15, 0.2) is 5.11 Å². The van der Waals surface area contributed by atoms with Gasteiger partial charge < -0.3 is 10.2 Å². The van der Waals surface area contributed by atoms with Crippen molar-refractivity contribution in [3.05, 3.63) is 29.8 Å². The average Bonchev–Trinajstić information content (AvgIpc) is 2.65. The highest BCUT2D eigenvalue weighted by Crippen LogP contribution is 2.16. The summed E-state index contributed by atoms with van der Waals surface area (Å²) in [5.41, 5.74) is 1.71. The van der Waals surface area contributed by atoms with Crippen LogP contribution in [0.5, 0.6) is 0 Å². The van der Waals surface area contributed by atoms with E-state index in [1.165, 1.54) is 0 Å². The SMILES string of the molecule is N#Cc1ccc(N2CCNC2=S)cc1. The first-order valence-corrected chi connectivity index (χ1v) is 4.77. The molecule has 1 saturated heterocycles. The molecule has 1 N–H and O–H groups in total. The molecule has 0 saturated carbocycles. The van der Waals surface area contributed by atoms with Crippen molar-refractivity contribution < 1.29 is 0 Å². The van der Waals surface area contributed by atoms with Crippen LogP contribution in [0.3, 0.4) is 0 Å². The standard InChI is InChI=1S/C10H9N3S/c11-7-8-1-3-9(4-2-8)13-6-5-12-10(13)14/h1-4H,5-6H2,(H,12,14). The van der Waals surface area contributed by atoms with Crippen LogP contribution in [0.2, 0.25) is 0 Å². The summed E-state index contributed by atoms with van der Waals surface area (Å²) in [7, 11) is 0. The van der Waals surface area contributed by atoms with Crippen LogP contribution in [0.4, 0.5) is 5.69 Å². The molecule has 1 aromatic carbocycles. The number of nitrogens with zero attached hydrogens (tertiary/aromatic N) is 2. The topological polar surface area (TPSA) is 39.1 Å². The average molecular weight is 203 g/mol. The summed E-state index contributed by atoms with van der Waals surface area (Å²) in [5, 5.41) is 12.5. The second-order valence-electron chi connectivity index (χ2n) is 3.04. The Bertz CT molecular complexity index is 391. The molecule has 70 valence electrons. The zero-order valence-corrected chi connectivity index (χ0v) is 8.34. The van der Waals surface area contributed by atoms with E-state index in [0.717, 1.165) is 23.9 Å². The van der Waals surface area contributed by atoms with Gasteiger partial charge in [-0.3, -0.25) is 0 Å². The minimum Gasteiger partial charge on any atom is -0.360 e. The molecule has 14 heavy (non-hydrogen) atoms. The summed E-state index contributed by atoms with van der Waals surface area (Å²) in [5.74, 6) is 0. The molecule has 0 unspecified atom stereocenters. The molecule has 1 aliphatic heterocycles. The van der Waals surface area contributed by atoms with Crippen LogP contribution in [0.1, 0.15) is 5.56 Å². The van der Waals surface area contributed by atoms with E-state index in [2.05, 4.69) is 11.4 Å². The Balaban J connectivity index is 2.25. The van der Waals surface area contributed by atoms with E-state index < -0.39 is 0 Å². The number of thiocarbonyl (C=S) groups is 1. The summed E-state index contributed by atoms with van der Waals surface area (Å²) in [4.78, 5) is 2.02. The number of anilines is 1. The largest absolute Gasteiger partial charge is 0.360 e. The lowest BCUT2D eigenvalue weighted by atomic mass is 10.2. The van der Waals surface area contributed by atoms with Gasteiger partial charge >= 0.3 is 0 Å². The number of rotatable bonds is 1. The van der Waals surface area contributed by atoms with Crippen molar-refractivity contribution >= 4 is 23.0 Å². The zero-order chi connectivity index (χ0) is 9.97. The predicted octanol–water partition coefficient (Wildman–Crippen LogP) is 1.25. The van der Waals surface area contributed by atoms with Gasteiger partial charge in [0.05, 0.1) is 11.6 Å². The number of hydrogen-bond acceptors (Lipinski definition) is 2. The van der Waals surface area contributed by atoms with Crippen LogP contribution in [0.25, 0.3) is 0 Å². The molecule has 2 rings (SSSR count). The van der Waals surface area contributed by atoms with E-state index in [4.69, 9.17) is 17.5 Å². The van der Waals surface area contributed by atoms with Gasteiger partial charge in [-0.15, -0.1) is 0 Å². The van der Waals surface area contributed by atoms with Crippen molar-refractivity contribution in [2.24, 2.45) is 0 Å². The fourth-order valence-electron chi connectivity index (χ4n) is 1.43. The van der Waals surface area contributed by atoms with Crippen molar-refractivity contribution in [1.82, 2.24) is 5.32 Å². The first kappa shape index (κ1) is 8.97. The Hall–Kier alpha value is -1.60. The second-order valence-corrected chi connectivity index (χ2v) is 3.43. The molecule has 3 nitrogen and oxygen atoms in total. The number of nitrogens with one attached hydrogen (secondary N) is 1. The first-order valence-electron chi connectivity index (χ1n) is 4.37. The van der Waals surface area contributed by atoms with Crippen molar-refractivity contribution in [1.29, 1.82) is 5.26 Å². The fraction of sp³-hybridized carbons (Fsp3) is 0.200. The third-order valence-corrected chi connectivity index (χ3v) is 2.53. The molecule has 1 heterocycles. The van der Waals surface area contributed by atoms with Crippen LogP contribution in [-0.4, -0.2) is 18.2 Å². The Morgan fingerprint density at radius 1 is 1.36 bits per heavy atom. The molecule has 1 aliphatic rings. The van der Waals surface area contributed by atoms with E-state index in [1.54, 1.807) is 12.1 Å². The highest BCUT2D eigenvalue weighted by Gasteiger charge is 2.16. The molecule has 0 aromatic heterocycles. The van der Waals surface area contributed by atoms with Crippen molar-refractivity contribution in [3.63, 3.8) is 0 Å². The molecule has 1 aromatic rings. The molecule has 0 spiro atoms. The lowest BCUT2D eigenvalue weighted by Crippen LogP contribution is -2.27. The molecule has 1 fully saturated rings. The number of hydrogen-bond donors (Lipinski definition) is 1. The van der Waals surface area contributed by atoms with Crippen molar-refractivity contribution in [3.8, 4) is 6.07 Å². The van der Waals surface area contributed by atoms with E-state index in [0.29, 0.717) is 5.56 Å². The summed E-state index contributed by atoms with van der Waals surface area (Å²) in [6.45, 7) is 1.78.